The maximum atomic E-state index is 13.6. The normalized spacial score (nSPS) is 16.4. The van der Waals surface area contributed by atoms with Crippen LogP contribution in [0.2, 0.25) is 0 Å². The zero-order valence-electron chi connectivity index (χ0n) is 15.6. The Labute approximate surface area is 167 Å². The summed E-state index contributed by atoms with van der Waals surface area (Å²) in [6, 6.07) is 3.05. The number of aromatic amines is 1. The molecule has 154 valence electrons. The first-order valence-corrected chi connectivity index (χ1v) is 9.13. The van der Waals surface area contributed by atoms with Crippen LogP contribution < -0.4 is 0 Å². The molecule has 8 nitrogen and oxygen atoms in total. The van der Waals surface area contributed by atoms with Gasteiger partial charge in [0.15, 0.2) is 11.6 Å². The Kier molecular flexibility index (Phi) is 4.12. The third-order valence-corrected chi connectivity index (χ3v) is 5.08. The van der Waals surface area contributed by atoms with E-state index in [4.69, 9.17) is 4.42 Å². The SMILES string of the molecule is Cn1cc(C(=O)N2CCc3[nH]cnc3[C@H]2c2nc3cc(F)ccc3o2)c(C(F)F)n1. The highest BCUT2D eigenvalue weighted by molar-refractivity contribution is 5.96. The van der Waals surface area contributed by atoms with Crippen molar-refractivity contribution in [3.8, 4) is 0 Å². The molecule has 0 unspecified atom stereocenters. The standard InChI is InChI=1S/C19H15F3N6O2/c1-27-7-10(14(26-27)17(21)22)19(29)28-5-4-11-15(24-8-23-11)16(28)18-25-12-6-9(20)2-3-13(12)30-18/h2-3,6-8,16-17H,4-5H2,1H3,(H,23,24)/t16-/m0/s1. The van der Waals surface area contributed by atoms with E-state index in [9.17, 15) is 18.0 Å². The van der Waals surface area contributed by atoms with E-state index in [1.54, 1.807) is 0 Å². The summed E-state index contributed by atoms with van der Waals surface area (Å²) in [7, 11) is 1.47. The Morgan fingerprint density at radius 3 is 3.00 bits per heavy atom. The highest BCUT2D eigenvalue weighted by Crippen LogP contribution is 2.36. The summed E-state index contributed by atoms with van der Waals surface area (Å²) < 4.78 is 47.4. The van der Waals surface area contributed by atoms with Crippen molar-refractivity contribution in [1.29, 1.82) is 0 Å². The highest BCUT2D eigenvalue weighted by Gasteiger charge is 2.39. The Balaban J connectivity index is 1.63. The summed E-state index contributed by atoms with van der Waals surface area (Å²) in [5, 5.41) is 3.72. The molecule has 1 aliphatic rings. The second-order valence-electron chi connectivity index (χ2n) is 6.98. The molecule has 0 fully saturated rings. The van der Waals surface area contributed by atoms with Crippen molar-refractivity contribution in [2.75, 3.05) is 6.54 Å². The minimum Gasteiger partial charge on any atom is -0.438 e. The van der Waals surface area contributed by atoms with Gasteiger partial charge in [0, 0.05) is 38.0 Å². The number of rotatable bonds is 3. The van der Waals surface area contributed by atoms with E-state index in [0.29, 0.717) is 17.7 Å². The third-order valence-electron chi connectivity index (χ3n) is 5.08. The Bertz CT molecular complexity index is 1260. The van der Waals surface area contributed by atoms with E-state index < -0.39 is 29.9 Å². The average molecular weight is 416 g/mol. The average Bonchev–Trinajstić information content (AvgIpc) is 3.43. The molecule has 0 saturated heterocycles. The van der Waals surface area contributed by atoms with Crippen LogP contribution in [0.15, 0.2) is 35.1 Å². The van der Waals surface area contributed by atoms with Gasteiger partial charge in [-0.3, -0.25) is 9.48 Å². The molecule has 0 aliphatic carbocycles. The number of oxazole rings is 1. The van der Waals surface area contributed by atoms with Gasteiger partial charge in [0.2, 0.25) is 5.89 Å². The fourth-order valence-corrected chi connectivity index (χ4v) is 3.77. The molecule has 4 aromatic rings. The minimum atomic E-state index is -2.90. The molecule has 1 N–H and O–H groups in total. The molecule has 30 heavy (non-hydrogen) atoms. The lowest BCUT2D eigenvalue weighted by atomic mass is 10.0. The van der Waals surface area contributed by atoms with Gasteiger partial charge >= 0.3 is 0 Å². The second kappa shape index (κ2) is 6.71. The summed E-state index contributed by atoms with van der Waals surface area (Å²) in [6.07, 6.45) is 0.309. The number of amides is 1. The van der Waals surface area contributed by atoms with Gasteiger partial charge in [-0.25, -0.2) is 23.1 Å². The number of halogens is 3. The Morgan fingerprint density at radius 1 is 1.37 bits per heavy atom. The van der Waals surface area contributed by atoms with Crippen molar-refractivity contribution in [3.05, 3.63) is 65.1 Å². The molecular formula is C19H15F3N6O2. The number of carbonyl (C=O) groups excluding carboxylic acids is 1. The molecule has 11 heteroatoms. The lowest BCUT2D eigenvalue weighted by Gasteiger charge is -2.32. The number of benzene rings is 1. The smallest absolute Gasteiger partial charge is 0.282 e. The molecule has 0 bridgehead atoms. The van der Waals surface area contributed by atoms with Gasteiger partial charge < -0.3 is 14.3 Å². The van der Waals surface area contributed by atoms with Crippen LogP contribution in [-0.4, -0.2) is 42.1 Å². The van der Waals surface area contributed by atoms with E-state index in [1.165, 1.54) is 47.4 Å². The monoisotopic (exact) mass is 416 g/mol. The highest BCUT2D eigenvalue weighted by atomic mass is 19.3. The van der Waals surface area contributed by atoms with Crippen molar-refractivity contribution < 1.29 is 22.4 Å². The summed E-state index contributed by atoms with van der Waals surface area (Å²) in [5.41, 5.74) is 1.14. The van der Waals surface area contributed by atoms with Crippen LogP contribution in [0.1, 0.15) is 45.8 Å². The van der Waals surface area contributed by atoms with Crippen LogP contribution in [0, 0.1) is 5.82 Å². The van der Waals surface area contributed by atoms with Gasteiger partial charge in [-0.05, 0) is 12.1 Å². The molecule has 1 atom stereocenters. The lowest BCUT2D eigenvalue weighted by Crippen LogP contribution is -2.41. The molecule has 4 heterocycles. The van der Waals surface area contributed by atoms with Gasteiger partial charge in [0.05, 0.1) is 17.6 Å². The molecule has 1 aliphatic heterocycles. The summed E-state index contributed by atoms with van der Waals surface area (Å²) in [5.74, 6) is -0.985. The Morgan fingerprint density at radius 2 is 2.20 bits per heavy atom. The molecule has 5 rings (SSSR count). The van der Waals surface area contributed by atoms with Crippen molar-refractivity contribution in [2.24, 2.45) is 7.05 Å². The first-order valence-electron chi connectivity index (χ1n) is 9.13. The van der Waals surface area contributed by atoms with Crippen LogP contribution in [0.4, 0.5) is 13.2 Å². The van der Waals surface area contributed by atoms with Gasteiger partial charge in [-0.1, -0.05) is 0 Å². The van der Waals surface area contributed by atoms with E-state index in [2.05, 4.69) is 20.1 Å². The molecule has 0 spiro atoms. The minimum absolute atomic E-state index is 0.125. The molecule has 0 radical (unpaired) electrons. The summed E-state index contributed by atoms with van der Waals surface area (Å²) in [6.45, 7) is 0.226. The number of H-pyrrole nitrogens is 1. The Hall–Kier alpha value is -3.63. The maximum absolute atomic E-state index is 13.6. The van der Waals surface area contributed by atoms with Gasteiger partial charge in [0.25, 0.3) is 12.3 Å². The van der Waals surface area contributed by atoms with Crippen molar-refractivity contribution >= 4 is 17.0 Å². The van der Waals surface area contributed by atoms with Crippen molar-refractivity contribution in [1.82, 2.24) is 29.6 Å². The first-order chi connectivity index (χ1) is 14.4. The molecule has 3 aromatic heterocycles. The van der Waals surface area contributed by atoms with Gasteiger partial charge in [0.1, 0.15) is 17.0 Å². The van der Waals surface area contributed by atoms with E-state index >= 15 is 0 Å². The van der Waals surface area contributed by atoms with Crippen LogP contribution in [0.3, 0.4) is 0 Å². The first kappa shape index (κ1) is 18.4. The summed E-state index contributed by atoms with van der Waals surface area (Å²) in [4.78, 5) is 26.3. The van der Waals surface area contributed by atoms with E-state index in [-0.39, 0.29) is 23.5 Å². The largest absolute Gasteiger partial charge is 0.438 e. The van der Waals surface area contributed by atoms with Gasteiger partial charge in [-0.2, -0.15) is 5.10 Å². The number of aromatic nitrogens is 5. The number of hydrogen-bond donors (Lipinski definition) is 1. The zero-order valence-corrected chi connectivity index (χ0v) is 15.6. The number of alkyl halides is 2. The lowest BCUT2D eigenvalue weighted by molar-refractivity contribution is 0.0656. The summed E-state index contributed by atoms with van der Waals surface area (Å²) >= 11 is 0. The van der Waals surface area contributed by atoms with Gasteiger partial charge in [-0.15, -0.1) is 0 Å². The molecule has 1 amide bonds. The number of aryl methyl sites for hydroxylation is 1. The third kappa shape index (κ3) is 2.85. The number of nitrogens with one attached hydrogen (secondary N) is 1. The molecular weight excluding hydrogens is 401 g/mol. The topological polar surface area (TPSA) is 92.8 Å². The number of nitrogens with zero attached hydrogens (tertiary/aromatic N) is 5. The number of imidazole rings is 1. The molecule has 0 saturated carbocycles. The zero-order chi connectivity index (χ0) is 21.0. The second-order valence-corrected chi connectivity index (χ2v) is 6.98. The number of carbonyl (C=O) groups is 1. The fraction of sp³-hybridized carbons (Fsp3) is 0.263. The van der Waals surface area contributed by atoms with Crippen molar-refractivity contribution in [3.63, 3.8) is 0 Å². The quantitative estimate of drug-likeness (QED) is 0.554. The predicted octanol–water partition coefficient (Wildman–Crippen LogP) is 3.15. The fourth-order valence-electron chi connectivity index (χ4n) is 3.77. The van der Waals surface area contributed by atoms with E-state index in [0.717, 1.165) is 5.69 Å². The number of fused-ring (bicyclic) bond motifs is 2. The maximum Gasteiger partial charge on any atom is 0.282 e. The molecule has 1 aromatic carbocycles. The van der Waals surface area contributed by atoms with Crippen LogP contribution in [-0.2, 0) is 13.5 Å². The van der Waals surface area contributed by atoms with Crippen molar-refractivity contribution in [2.45, 2.75) is 18.9 Å². The van der Waals surface area contributed by atoms with Crippen LogP contribution in [0.25, 0.3) is 11.1 Å². The van der Waals surface area contributed by atoms with Crippen LogP contribution in [0.5, 0.6) is 0 Å². The predicted molar refractivity (Wildman–Crippen MR) is 97.3 cm³/mol. The van der Waals surface area contributed by atoms with Crippen LogP contribution >= 0.6 is 0 Å². The van der Waals surface area contributed by atoms with E-state index in [1.807, 2.05) is 0 Å². The number of hydrogen-bond acceptors (Lipinski definition) is 5.